The van der Waals surface area contributed by atoms with Crippen LogP contribution in [0.2, 0.25) is 0 Å². The summed E-state index contributed by atoms with van der Waals surface area (Å²) in [6.07, 6.45) is 8.69. The van der Waals surface area contributed by atoms with Gasteiger partial charge in [0.15, 0.2) is 16.9 Å². The van der Waals surface area contributed by atoms with Crippen LogP contribution in [0, 0.1) is 46.8 Å². The lowest BCUT2D eigenvalue weighted by Crippen LogP contribution is -2.86. The summed E-state index contributed by atoms with van der Waals surface area (Å²) in [5.74, 6) is -2.39. The van der Waals surface area contributed by atoms with E-state index in [1.54, 1.807) is 35.9 Å². The van der Waals surface area contributed by atoms with Crippen LogP contribution in [-0.4, -0.2) is 169 Å². The van der Waals surface area contributed by atoms with Gasteiger partial charge in [0, 0.05) is 66.5 Å². The van der Waals surface area contributed by atoms with Crippen molar-refractivity contribution in [1.82, 2.24) is 10.6 Å². The van der Waals surface area contributed by atoms with Gasteiger partial charge < -0.3 is 80.0 Å². The Bertz CT molecular complexity index is 2310. The predicted molar refractivity (Wildman–Crippen MR) is 294 cm³/mol. The second-order valence-electron chi connectivity index (χ2n) is 24.4. The van der Waals surface area contributed by atoms with E-state index in [9.17, 15) is 50.8 Å². The van der Waals surface area contributed by atoms with Crippen LogP contribution in [0.15, 0.2) is 35.0 Å². The molecule has 1 aromatic heterocycles. The maximum atomic E-state index is 13.8. The van der Waals surface area contributed by atoms with E-state index in [4.69, 9.17) is 23.4 Å². The van der Waals surface area contributed by atoms with Gasteiger partial charge in [-0.15, -0.1) is 0 Å². The van der Waals surface area contributed by atoms with Crippen LogP contribution in [0.5, 0.6) is 11.5 Å². The Morgan fingerprint density at radius 3 is 2.61 bits per heavy atom. The van der Waals surface area contributed by atoms with E-state index in [0.29, 0.717) is 61.1 Å². The van der Waals surface area contributed by atoms with E-state index in [-0.39, 0.29) is 98.6 Å². The molecule has 9 rings (SSSR count). The maximum absolute atomic E-state index is 13.8. The molecule has 18 unspecified atom stereocenters. The first-order valence-electron chi connectivity index (χ1n) is 29.1. The Labute approximate surface area is 462 Å². The molecule has 5 fully saturated rings. The van der Waals surface area contributed by atoms with Gasteiger partial charge in [0.2, 0.25) is 12.0 Å². The molecule has 2 aromatic rings. The number of carbonyl (C=O) groups is 1. The number of carbonyl (C=O) groups excluding carboxylic acids is 1. The summed E-state index contributed by atoms with van der Waals surface area (Å²) in [7, 11) is 5.28. The van der Waals surface area contributed by atoms with E-state index in [1.165, 1.54) is 17.1 Å². The molecule has 4 aliphatic carbocycles. The number of allylic oxidation sites excluding steroid dienone is 1. The number of furan rings is 1. The van der Waals surface area contributed by atoms with Crippen LogP contribution in [0.1, 0.15) is 129 Å². The van der Waals surface area contributed by atoms with E-state index in [1.807, 2.05) is 13.1 Å². The first kappa shape index (κ1) is 59.4. The average Bonchev–Trinajstić information content (AvgIpc) is 4.26. The van der Waals surface area contributed by atoms with Crippen molar-refractivity contribution in [2.24, 2.45) is 46.8 Å². The zero-order chi connectivity index (χ0) is 54.8. The molecule has 19 heteroatoms. The second kappa shape index (κ2) is 25.1. The number of hydrogen-bond donors (Lipinski definition) is 11. The standard InChI is InChI=1S/C58H90N2O15S2/c1-4-71-47(67)17-12-38-28-39-19-25-72-49(39)51-50(38)74-53-58(70)48-40(11-14-43(65)42(48)33-63)30-56(69,52(58)68)57(75-53)34-76-77-55(45(60-23-26-73-51)16-10-35(2)7-5-9-46(57)66)22-21-54(20-18-37(29-54)31-59-3)44(55)15-13-41(64)27-36(32-62)8-6-24-61/h11,14,19,25,28,35-37,40-46,48,52-53,59-66,68-70H,4-10,12-13,15-18,20-24,26-27,29-34H2,1-3H3. The van der Waals surface area contributed by atoms with Crippen molar-refractivity contribution in [3.8, 4) is 11.5 Å². The Balaban J connectivity index is 1.22. The molecule has 3 saturated carbocycles. The molecular weight excluding hydrogens is 1030 g/mol. The second-order valence-corrected chi connectivity index (χ2v) is 27.0. The van der Waals surface area contributed by atoms with Crippen molar-refractivity contribution in [2.75, 3.05) is 58.9 Å². The minimum absolute atomic E-state index is 0.0268. The van der Waals surface area contributed by atoms with Gasteiger partial charge in [-0.3, -0.25) is 4.79 Å². The number of ether oxygens (including phenoxy) is 4. The Morgan fingerprint density at radius 1 is 1.01 bits per heavy atom. The zero-order valence-corrected chi connectivity index (χ0v) is 47.2. The van der Waals surface area contributed by atoms with Gasteiger partial charge in [-0.2, -0.15) is 0 Å². The number of esters is 1. The summed E-state index contributed by atoms with van der Waals surface area (Å²) in [4.78, 5) is 13.1. The van der Waals surface area contributed by atoms with Crippen LogP contribution in [0.25, 0.3) is 11.0 Å². The molecule has 3 spiro atoms. The summed E-state index contributed by atoms with van der Waals surface area (Å²) < 4.78 is 32.4. The lowest BCUT2D eigenvalue weighted by molar-refractivity contribution is -0.424. The molecule has 3 aliphatic heterocycles. The van der Waals surface area contributed by atoms with Crippen LogP contribution in [-0.2, 0) is 20.7 Å². The fraction of sp³-hybridized carbons (Fsp3) is 0.810. The Morgan fingerprint density at radius 2 is 1.84 bits per heavy atom. The molecule has 18 atom stereocenters. The molecule has 2 saturated heterocycles. The summed E-state index contributed by atoms with van der Waals surface area (Å²) in [6.45, 7) is 5.01. The van der Waals surface area contributed by atoms with Crippen LogP contribution in [0.4, 0.5) is 0 Å². The molecule has 0 amide bonds. The maximum Gasteiger partial charge on any atom is 0.306 e. The first-order chi connectivity index (χ1) is 37.1. The summed E-state index contributed by atoms with van der Waals surface area (Å²) in [5.41, 5.74) is -6.05. The number of aryl methyl sites for hydroxylation is 1. The number of aliphatic hydroxyl groups is 9. The molecular formula is C58H90N2O15S2. The minimum atomic E-state index is -2.52. The van der Waals surface area contributed by atoms with Crippen molar-refractivity contribution >= 4 is 38.5 Å². The van der Waals surface area contributed by atoms with Crippen LogP contribution in [0.3, 0.4) is 0 Å². The number of rotatable bonds is 16. The molecule has 17 nitrogen and oxygen atoms in total. The third-order valence-corrected chi connectivity index (χ3v) is 23.3. The highest BCUT2D eigenvalue weighted by Crippen LogP contribution is 2.69. The fourth-order valence-electron chi connectivity index (χ4n) is 16.0. The number of hydrogen-bond acceptors (Lipinski definition) is 19. The summed E-state index contributed by atoms with van der Waals surface area (Å²) in [5, 5.41) is 116. The van der Waals surface area contributed by atoms with Gasteiger partial charge in [0.1, 0.15) is 23.9 Å². The van der Waals surface area contributed by atoms with Crippen molar-refractivity contribution in [3.63, 3.8) is 0 Å². The first-order valence-corrected chi connectivity index (χ1v) is 31.4. The van der Waals surface area contributed by atoms with Crippen molar-refractivity contribution in [2.45, 2.75) is 188 Å². The van der Waals surface area contributed by atoms with Gasteiger partial charge in [0.05, 0.1) is 31.2 Å². The SMILES string of the molecule is CCOC(=O)CCc1cc2ccoc2c2c1OC1OC3(CSSC4(CCC5(CCC(CNC)C5)C4CCC(O)CC(CO)CCCO)C(CCC(C)CCCC3O)NCCO2)C2(O)CC3C=CC(O)C(CO)C3C1(O)C2O. The molecule has 1 aromatic carbocycles. The van der Waals surface area contributed by atoms with E-state index in [0.717, 1.165) is 64.3 Å². The lowest BCUT2D eigenvalue weighted by atomic mass is 9.50. The van der Waals surface area contributed by atoms with Gasteiger partial charge in [0.25, 0.3) is 0 Å². The third-order valence-electron chi connectivity index (χ3n) is 19.9. The van der Waals surface area contributed by atoms with Crippen LogP contribution >= 0.6 is 21.6 Å². The molecule has 11 N–H and O–H groups in total. The minimum Gasteiger partial charge on any atom is -0.485 e. The quantitative estimate of drug-likeness (QED) is 0.0589. The highest BCUT2D eigenvalue weighted by molar-refractivity contribution is 8.77. The number of aliphatic hydroxyl groups excluding tert-OH is 7. The fourth-order valence-corrected chi connectivity index (χ4v) is 20.3. The average molecular weight is 1120 g/mol. The van der Waals surface area contributed by atoms with Gasteiger partial charge in [-0.1, -0.05) is 53.5 Å². The largest absolute Gasteiger partial charge is 0.485 e. The number of nitrogens with one attached hydrogen (secondary N) is 2. The topological polar surface area (TPSA) is 273 Å². The van der Waals surface area contributed by atoms with Gasteiger partial charge >= 0.3 is 5.97 Å². The molecule has 7 aliphatic rings. The molecule has 77 heavy (non-hydrogen) atoms. The lowest BCUT2D eigenvalue weighted by Gasteiger charge is -2.67. The molecule has 0 radical (unpaired) electrons. The van der Waals surface area contributed by atoms with Gasteiger partial charge in [-0.25, -0.2) is 0 Å². The van der Waals surface area contributed by atoms with Crippen molar-refractivity contribution in [1.29, 1.82) is 0 Å². The normalized spacial score (nSPS) is 40.2. The highest BCUT2D eigenvalue weighted by Gasteiger charge is 2.78. The summed E-state index contributed by atoms with van der Waals surface area (Å²) in [6, 6.07) is 3.53. The van der Waals surface area contributed by atoms with E-state index in [2.05, 4.69) is 17.6 Å². The number of fused-ring (bicyclic) bond motifs is 11. The van der Waals surface area contributed by atoms with Crippen LogP contribution < -0.4 is 20.1 Å². The highest BCUT2D eigenvalue weighted by atomic mass is 33.1. The summed E-state index contributed by atoms with van der Waals surface area (Å²) >= 11 is 0. The molecule has 5 bridgehead atoms. The van der Waals surface area contributed by atoms with Crippen molar-refractivity contribution < 1.29 is 74.1 Å². The molecule has 4 heterocycles. The smallest absolute Gasteiger partial charge is 0.306 e. The van der Waals surface area contributed by atoms with E-state index >= 15 is 0 Å². The predicted octanol–water partition coefficient (Wildman–Crippen LogP) is 5.16. The number of benzene rings is 1. The third kappa shape index (κ3) is 11.3. The Hall–Kier alpha value is -2.21. The zero-order valence-electron chi connectivity index (χ0n) is 45.6. The molecule has 434 valence electrons. The Kier molecular flexibility index (Phi) is 19.4. The monoisotopic (exact) mass is 1120 g/mol. The van der Waals surface area contributed by atoms with Gasteiger partial charge in [-0.05, 0) is 170 Å². The van der Waals surface area contributed by atoms with Crippen molar-refractivity contribution in [3.05, 3.63) is 36.1 Å². The van der Waals surface area contributed by atoms with E-state index < -0.39 is 82.6 Å².